The number of benzene rings is 3. The zero-order valence-electron chi connectivity index (χ0n) is 18.9. The number of halogens is 6. The standard InChI is InChI=1S/C22H16F6N2O6S2/c1-36-20(31)13-8-9-18(29-37(32,33)16-6-2-4-14(11-16)21(23,24)25)19(10-13)30-38(34,35)17-7-3-5-15(12-17)22(26,27)28/h2-12,29-30H,1H3. The zero-order chi connectivity index (χ0) is 28.5. The maximum atomic E-state index is 13.1. The number of rotatable bonds is 7. The second kappa shape index (κ2) is 10.2. The van der Waals surface area contributed by atoms with E-state index in [-0.39, 0.29) is 5.56 Å². The van der Waals surface area contributed by atoms with E-state index in [4.69, 9.17) is 0 Å². The lowest BCUT2D eigenvalue weighted by molar-refractivity contribution is -0.138. The molecule has 38 heavy (non-hydrogen) atoms. The number of sulfonamides is 2. The molecule has 0 aliphatic heterocycles. The predicted molar refractivity (Wildman–Crippen MR) is 122 cm³/mol. The highest BCUT2D eigenvalue weighted by molar-refractivity contribution is 7.93. The third-order valence-electron chi connectivity index (χ3n) is 4.87. The largest absolute Gasteiger partial charge is 0.465 e. The summed E-state index contributed by atoms with van der Waals surface area (Å²) in [6.07, 6.45) is -9.73. The van der Waals surface area contributed by atoms with E-state index in [1.54, 1.807) is 0 Å². The highest BCUT2D eigenvalue weighted by Crippen LogP contribution is 2.34. The molecule has 0 spiro atoms. The van der Waals surface area contributed by atoms with Gasteiger partial charge in [-0.05, 0) is 54.6 Å². The molecule has 0 unspecified atom stereocenters. The molecule has 0 aliphatic carbocycles. The van der Waals surface area contributed by atoms with E-state index in [2.05, 4.69) is 4.74 Å². The minimum Gasteiger partial charge on any atom is -0.465 e. The number of carbonyl (C=O) groups is 1. The molecule has 204 valence electrons. The third kappa shape index (κ3) is 6.55. The van der Waals surface area contributed by atoms with Crippen molar-refractivity contribution in [3.8, 4) is 0 Å². The lowest BCUT2D eigenvalue weighted by atomic mass is 10.2. The molecule has 2 N–H and O–H groups in total. The van der Waals surface area contributed by atoms with Gasteiger partial charge in [0.2, 0.25) is 0 Å². The number of hydrogen-bond donors (Lipinski definition) is 2. The first-order valence-electron chi connectivity index (χ1n) is 10.1. The number of carbonyl (C=O) groups excluding carboxylic acids is 1. The lowest BCUT2D eigenvalue weighted by Gasteiger charge is -2.17. The maximum absolute atomic E-state index is 13.1. The summed E-state index contributed by atoms with van der Waals surface area (Å²) in [4.78, 5) is 10.3. The van der Waals surface area contributed by atoms with Gasteiger partial charge in [0.05, 0.1) is 45.0 Å². The number of ether oxygens (including phenoxy) is 1. The van der Waals surface area contributed by atoms with Crippen LogP contribution in [0.1, 0.15) is 21.5 Å². The van der Waals surface area contributed by atoms with E-state index < -0.39 is 70.7 Å². The Hall–Kier alpha value is -3.79. The van der Waals surface area contributed by atoms with Crippen LogP contribution in [0.4, 0.5) is 37.7 Å². The fourth-order valence-corrected chi connectivity index (χ4v) is 5.29. The first-order valence-corrected chi connectivity index (χ1v) is 13.0. The van der Waals surface area contributed by atoms with Crippen LogP contribution < -0.4 is 9.44 Å². The average Bonchev–Trinajstić information content (AvgIpc) is 2.83. The van der Waals surface area contributed by atoms with Gasteiger partial charge < -0.3 is 4.74 Å². The van der Waals surface area contributed by atoms with Crippen molar-refractivity contribution >= 4 is 37.4 Å². The van der Waals surface area contributed by atoms with Gasteiger partial charge in [0.15, 0.2) is 0 Å². The molecule has 16 heteroatoms. The molecule has 0 bridgehead atoms. The number of hydrogen-bond acceptors (Lipinski definition) is 6. The average molecular weight is 583 g/mol. The number of nitrogens with one attached hydrogen (secondary N) is 2. The molecule has 0 heterocycles. The number of alkyl halides is 6. The van der Waals surface area contributed by atoms with E-state index in [0.717, 1.165) is 49.6 Å². The van der Waals surface area contributed by atoms with E-state index in [1.807, 2.05) is 9.44 Å². The number of methoxy groups -OCH3 is 1. The van der Waals surface area contributed by atoms with Gasteiger partial charge >= 0.3 is 18.3 Å². The molecule has 0 radical (unpaired) electrons. The second-order valence-electron chi connectivity index (χ2n) is 7.51. The van der Waals surface area contributed by atoms with Crippen molar-refractivity contribution in [3.63, 3.8) is 0 Å². The van der Waals surface area contributed by atoms with Crippen molar-refractivity contribution in [2.45, 2.75) is 22.1 Å². The second-order valence-corrected chi connectivity index (χ2v) is 10.9. The van der Waals surface area contributed by atoms with Crippen LogP contribution in [0.3, 0.4) is 0 Å². The van der Waals surface area contributed by atoms with Crippen LogP contribution in [0.15, 0.2) is 76.5 Å². The van der Waals surface area contributed by atoms with Crippen LogP contribution in [0.25, 0.3) is 0 Å². The summed E-state index contributed by atoms with van der Waals surface area (Å²) in [5.74, 6) is -0.975. The summed E-state index contributed by atoms with van der Waals surface area (Å²) >= 11 is 0. The molecular formula is C22H16F6N2O6S2. The molecule has 3 rings (SSSR count). The Balaban J connectivity index is 2.07. The van der Waals surface area contributed by atoms with Crippen LogP contribution in [0.5, 0.6) is 0 Å². The number of esters is 1. The van der Waals surface area contributed by atoms with Gasteiger partial charge in [0, 0.05) is 0 Å². The van der Waals surface area contributed by atoms with Crippen molar-refractivity contribution in [1.29, 1.82) is 0 Å². The molecular weight excluding hydrogens is 566 g/mol. The van der Waals surface area contributed by atoms with Crippen molar-refractivity contribution in [3.05, 3.63) is 83.4 Å². The van der Waals surface area contributed by atoms with E-state index >= 15 is 0 Å². The van der Waals surface area contributed by atoms with Gasteiger partial charge in [-0.2, -0.15) is 26.3 Å². The molecule has 0 saturated carbocycles. The topological polar surface area (TPSA) is 119 Å². The first kappa shape index (κ1) is 28.8. The molecule has 0 aromatic heterocycles. The summed E-state index contributed by atoms with van der Waals surface area (Å²) in [5, 5.41) is 0. The maximum Gasteiger partial charge on any atom is 0.416 e. The van der Waals surface area contributed by atoms with Gasteiger partial charge in [0.1, 0.15) is 0 Å². The van der Waals surface area contributed by atoms with Crippen molar-refractivity contribution in [1.82, 2.24) is 0 Å². The fraction of sp³-hybridized carbons (Fsp3) is 0.136. The highest BCUT2D eigenvalue weighted by atomic mass is 32.2. The molecule has 0 aliphatic rings. The van der Waals surface area contributed by atoms with Crippen LogP contribution in [0.2, 0.25) is 0 Å². The van der Waals surface area contributed by atoms with Gasteiger partial charge in [0.25, 0.3) is 20.0 Å². The Morgan fingerprint density at radius 1 is 0.684 bits per heavy atom. The quantitative estimate of drug-likeness (QED) is 0.295. The molecule has 0 saturated heterocycles. The van der Waals surface area contributed by atoms with E-state index in [1.165, 1.54) is 0 Å². The lowest BCUT2D eigenvalue weighted by Crippen LogP contribution is -2.19. The Morgan fingerprint density at radius 2 is 1.13 bits per heavy atom. The summed E-state index contributed by atoms with van der Waals surface area (Å²) < 4.78 is 138. The van der Waals surface area contributed by atoms with Gasteiger partial charge in [-0.3, -0.25) is 9.44 Å². The summed E-state index contributed by atoms with van der Waals surface area (Å²) in [5.41, 5.74) is -4.01. The summed E-state index contributed by atoms with van der Waals surface area (Å²) in [7, 11) is -8.55. The minimum atomic E-state index is -4.87. The molecule has 8 nitrogen and oxygen atoms in total. The Morgan fingerprint density at radius 3 is 1.55 bits per heavy atom. The summed E-state index contributed by atoms with van der Waals surface area (Å²) in [6, 6.07) is 8.09. The third-order valence-corrected chi connectivity index (χ3v) is 7.60. The molecule has 3 aromatic rings. The number of anilines is 2. The molecule has 0 atom stereocenters. The molecule has 0 amide bonds. The monoisotopic (exact) mass is 582 g/mol. The molecule has 3 aromatic carbocycles. The summed E-state index contributed by atoms with van der Waals surface area (Å²) in [6.45, 7) is 0. The van der Waals surface area contributed by atoms with Gasteiger partial charge in [-0.15, -0.1) is 0 Å². The van der Waals surface area contributed by atoms with Crippen LogP contribution in [0, 0.1) is 0 Å². The SMILES string of the molecule is COC(=O)c1ccc(NS(=O)(=O)c2cccc(C(F)(F)F)c2)c(NS(=O)(=O)c2cccc(C(F)(F)F)c2)c1. The van der Waals surface area contributed by atoms with Crippen LogP contribution in [-0.2, 0) is 37.1 Å². The van der Waals surface area contributed by atoms with Gasteiger partial charge in [-0.25, -0.2) is 21.6 Å². The smallest absolute Gasteiger partial charge is 0.416 e. The fourth-order valence-electron chi connectivity index (χ4n) is 3.05. The Labute approximate surface area is 212 Å². The van der Waals surface area contributed by atoms with Crippen LogP contribution in [-0.4, -0.2) is 29.9 Å². The normalized spacial score (nSPS) is 12.6. The van der Waals surface area contributed by atoms with Crippen LogP contribution >= 0.6 is 0 Å². The van der Waals surface area contributed by atoms with Gasteiger partial charge in [-0.1, -0.05) is 12.1 Å². The van der Waals surface area contributed by atoms with Crippen molar-refractivity contribution in [2.24, 2.45) is 0 Å². The predicted octanol–water partition coefficient (Wildman–Crippen LogP) is 5.11. The molecule has 0 fully saturated rings. The van der Waals surface area contributed by atoms with Crippen molar-refractivity contribution in [2.75, 3.05) is 16.6 Å². The van der Waals surface area contributed by atoms with E-state index in [0.29, 0.717) is 24.3 Å². The minimum absolute atomic E-state index is 0.281. The zero-order valence-corrected chi connectivity index (χ0v) is 20.5. The van der Waals surface area contributed by atoms with Crippen molar-refractivity contribution < 1.29 is 52.7 Å². The Kier molecular flexibility index (Phi) is 7.70. The van der Waals surface area contributed by atoms with E-state index in [9.17, 15) is 48.0 Å². The Bertz CT molecular complexity index is 1590. The first-order chi connectivity index (χ1) is 17.4. The highest BCUT2D eigenvalue weighted by Gasteiger charge is 2.33.